The molecule has 5 nitrogen and oxygen atoms in total. The average Bonchev–Trinajstić information content (AvgIpc) is 2.98. The van der Waals surface area contributed by atoms with Gasteiger partial charge >= 0.3 is 0 Å². The van der Waals surface area contributed by atoms with Crippen molar-refractivity contribution in [3.8, 4) is 0 Å². The lowest BCUT2D eigenvalue weighted by atomic mass is 9.87. The Balaban J connectivity index is 1.83. The summed E-state index contributed by atoms with van der Waals surface area (Å²) in [6.45, 7) is 6.67. The molecule has 2 saturated heterocycles. The van der Waals surface area contributed by atoms with Gasteiger partial charge in [0.25, 0.3) is 5.91 Å². The van der Waals surface area contributed by atoms with Crippen LogP contribution in [0.1, 0.15) is 37.0 Å². The van der Waals surface area contributed by atoms with E-state index in [0.717, 1.165) is 25.9 Å². The van der Waals surface area contributed by atoms with Crippen LogP contribution >= 0.6 is 0 Å². The van der Waals surface area contributed by atoms with Crippen LogP contribution in [-0.2, 0) is 10.0 Å². The minimum atomic E-state index is -3.49. The number of carbonyl (C=O) groups is 1. The van der Waals surface area contributed by atoms with Crippen molar-refractivity contribution in [1.29, 1.82) is 0 Å². The second kappa shape index (κ2) is 5.35. The fourth-order valence-corrected chi connectivity index (χ4v) is 4.98. The van der Waals surface area contributed by atoms with Gasteiger partial charge in [-0.1, -0.05) is 19.9 Å². The van der Waals surface area contributed by atoms with Gasteiger partial charge in [0.1, 0.15) is 0 Å². The third-order valence-electron chi connectivity index (χ3n) is 4.32. The van der Waals surface area contributed by atoms with Crippen molar-refractivity contribution in [2.75, 3.05) is 26.2 Å². The van der Waals surface area contributed by atoms with E-state index in [1.54, 1.807) is 23.1 Å². The number of likely N-dealkylation sites (tertiary alicyclic amines) is 1. The summed E-state index contributed by atoms with van der Waals surface area (Å²) in [5.41, 5.74) is 0.499. The van der Waals surface area contributed by atoms with Gasteiger partial charge in [-0.25, -0.2) is 8.42 Å². The summed E-state index contributed by atoms with van der Waals surface area (Å²) in [6.07, 6.45) is 2.04. The van der Waals surface area contributed by atoms with E-state index in [1.165, 1.54) is 10.4 Å². The zero-order valence-corrected chi connectivity index (χ0v) is 13.9. The fraction of sp³-hybridized carbons (Fsp3) is 0.562. The van der Waals surface area contributed by atoms with E-state index >= 15 is 0 Å². The molecule has 0 radical (unpaired) electrons. The molecule has 1 amide bonds. The topological polar surface area (TPSA) is 57.7 Å². The minimum absolute atomic E-state index is 0.0377. The summed E-state index contributed by atoms with van der Waals surface area (Å²) in [5, 5.41) is 0. The van der Waals surface area contributed by atoms with Gasteiger partial charge in [0.05, 0.1) is 4.90 Å². The number of hydrogen-bond donors (Lipinski definition) is 0. The van der Waals surface area contributed by atoms with Crippen molar-refractivity contribution in [1.82, 2.24) is 9.21 Å². The highest BCUT2D eigenvalue weighted by atomic mass is 32.2. The molecular weight excluding hydrogens is 300 g/mol. The highest BCUT2D eigenvalue weighted by molar-refractivity contribution is 7.89. The molecule has 0 aliphatic carbocycles. The second-order valence-corrected chi connectivity index (χ2v) is 8.90. The third kappa shape index (κ3) is 2.77. The molecule has 2 heterocycles. The zero-order chi connectivity index (χ0) is 16.0. The predicted molar refractivity (Wildman–Crippen MR) is 84.1 cm³/mol. The number of rotatable bonds is 3. The molecular formula is C16H22N2O3S. The van der Waals surface area contributed by atoms with Crippen LogP contribution in [0, 0.1) is 5.41 Å². The van der Waals surface area contributed by atoms with E-state index in [0.29, 0.717) is 18.7 Å². The lowest BCUT2D eigenvalue weighted by molar-refractivity contribution is 0.0792. The molecule has 0 N–H and O–H groups in total. The smallest absolute Gasteiger partial charge is 0.253 e. The quantitative estimate of drug-likeness (QED) is 0.855. The van der Waals surface area contributed by atoms with Crippen LogP contribution in [0.25, 0.3) is 0 Å². The van der Waals surface area contributed by atoms with Crippen LogP contribution in [0.4, 0.5) is 0 Å². The molecule has 0 bridgehead atoms. The molecule has 0 atom stereocenters. The highest BCUT2D eigenvalue weighted by Crippen LogP contribution is 2.33. The van der Waals surface area contributed by atoms with E-state index in [2.05, 4.69) is 0 Å². The second-order valence-electron chi connectivity index (χ2n) is 6.96. The third-order valence-corrected chi connectivity index (χ3v) is 6.11. The first-order valence-corrected chi connectivity index (χ1v) is 9.13. The summed E-state index contributed by atoms with van der Waals surface area (Å²) in [5.74, 6) is -0.0708. The van der Waals surface area contributed by atoms with Crippen LogP contribution in [0.2, 0.25) is 0 Å². The largest absolute Gasteiger partial charge is 0.339 e. The van der Waals surface area contributed by atoms with Crippen molar-refractivity contribution >= 4 is 15.9 Å². The van der Waals surface area contributed by atoms with E-state index in [1.807, 2.05) is 13.8 Å². The molecule has 2 fully saturated rings. The summed E-state index contributed by atoms with van der Waals surface area (Å²) < 4.78 is 26.7. The van der Waals surface area contributed by atoms with Crippen LogP contribution in [0.5, 0.6) is 0 Å². The SMILES string of the molecule is CC1(C)CN(S(=O)(=O)c2cccc(C(=O)N3CCCC3)c2)C1. The Hall–Kier alpha value is -1.40. The summed E-state index contributed by atoms with van der Waals surface area (Å²) in [7, 11) is -3.49. The molecule has 1 aromatic rings. The normalized spacial score (nSPS) is 21.6. The Bertz CT molecular complexity index is 683. The number of hydrogen-bond acceptors (Lipinski definition) is 3. The van der Waals surface area contributed by atoms with Crippen LogP contribution < -0.4 is 0 Å². The summed E-state index contributed by atoms with van der Waals surface area (Å²) in [4.78, 5) is 14.4. The number of carbonyl (C=O) groups excluding carboxylic acids is 1. The summed E-state index contributed by atoms with van der Waals surface area (Å²) >= 11 is 0. The van der Waals surface area contributed by atoms with Gasteiger partial charge in [0.15, 0.2) is 0 Å². The average molecular weight is 322 g/mol. The van der Waals surface area contributed by atoms with Gasteiger partial charge < -0.3 is 4.90 Å². The lowest BCUT2D eigenvalue weighted by Crippen LogP contribution is -2.55. The van der Waals surface area contributed by atoms with Gasteiger partial charge in [0.2, 0.25) is 10.0 Å². The first-order chi connectivity index (χ1) is 10.3. The molecule has 0 spiro atoms. The highest BCUT2D eigenvalue weighted by Gasteiger charge is 2.42. The molecule has 2 aliphatic heterocycles. The molecule has 2 aliphatic rings. The number of benzene rings is 1. The maximum atomic E-state index is 12.6. The molecule has 3 rings (SSSR count). The van der Waals surface area contributed by atoms with Gasteiger partial charge in [-0.3, -0.25) is 4.79 Å². The molecule has 0 saturated carbocycles. The summed E-state index contributed by atoms with van der Waals surface area (Å²) in [6, 6.07) is 6.43. The number of amides is 1. The Morgan fingerprint density at radius 1 is 1.14 bits per heavy atom. The van der Waals surface area contributed by atoms with Crippen LogP contribution in [0.3, 0.4) is 0 Å². The first kappa shape index (κ1) is 15.5. The maximum absolute atomic E-state index is 12.6. The minimum Gasteiger partial charge on any atom is -0.339 e. The van der Waals surface area contributed by atoms with Crippen molar-refractivity contribution in [3.05, 3.63) is 29.8 Å². The van der Waals surface area contributed by atoms with E-state index in [4.69, 9.17) is 0 Å². The molecule has 6 heteroatoms. The van der Waals surface area contributed by atoms with Crippen molar-refractivity contribution in [2.24, 2.45) is 5.41 Å². The number of nitrogens with zero attached hydrogens (tertiary/aromatic N) is 2. The Morgan fingerprint density at radius 2 is 1.77 bits per heavy atom. The Morgan fingerprint density at radius 3 is 2.36 bits per heavy atom. The van der Waals surface area contributed by atoms with Gasteiger partial charge in [-0.05, 0) is 36.5 Å². The van der Waals surface area contributed by atoms with Crippen molar-refractivity contribution < 1.29 is 13.2 Å². The Labute approximate surface area is 132 Å². The van der Waals surface area contributed by atoms with E-state index < -0.39 is 10.0 Å². The molecule has 120 valence electrons. The predicted octanol–water partition coefficient (Wildman–Crippen LogP) is 1.95. The van der Waals surface area contributed by atoms with E-state index in [9.17, 15) is 13.2 Å². The van der Waals surface area contributed by atoms with Crippen LogP contribution in [0.15, 0.2) is 29.2 Å². The first-order valence-electron chi connectivity index (χ1n) is 7.69. The van der Waals surface area contributed by atoms with Crippen LogP contribution in [-0.4, -0.2) is 49.7 Å². The molecule has 22 heavy (non-hydrogen) atoms. The zero-order valence-electron chi connectivity index (χ0n) is 13.1. The van der Waals surface area contributed by atoms with Gasteiger partial charge in [-0.2, -0.15) is 4.31 Å². The van der Waals surface area contributed by atoms with Gasteiger partial charge in [0, 0.05) is 31.7 Å². The monoisotopic (exact) mass is 322 g/mol. The lowest BCUT2D eigenvalue weighted by Gasteiger charge is -2.44. The molecule has 0 unspecified atom stereocenters. The number of sulfonamides is 1. The van der Waals surface area contributed by atoms with Crippen molar-refractivity contribution in [2.45, 2.75) is 31.6 Å². The molecule has 1 aromatic carbocycles. The molecule has 0 aromatic heterocycles. The standard InChI is InChI=1S/C16H22N2O3S/c1-16(2)11-18(12-16)22(20,21)14-7-5-6-13(10-14)15(19)17-8-3-4-9-17/h5-7,10H,3-4,8-9,11-12H2,1-2H3. The van der Waals surface area contributed by atoms with Gasteiger partial charge in [-0.15, -0.1) is 0 Å². The maximum Gasteiger partial charge on any atom is 0.253 e. The fourth-order valence-electron chi connectivity index (χ4n) is 3.12. The Kier molecular flexibility index (Phi) is 3.77. The van der Waals surface area contributed by atoms with Crippen molar-refractivity contribution in [3.63, 3.8) is 0 Å². The van der Waals surface area contributed by atoms with E-state index in [-0.39, 0.29) is 16.2 Å².